The highest BCUT2D eigenvalue weighted by molar-refractivity contribution is 6.36. The Morgan fingerprint density at radius 3 is 2.62 bits per heavy atom. The number of carbonyl (C=O) groups is 2. The second-order valence-corrected chi connectivity index (χ2v) is 6.43. The summed E-state index contributed by atoms with van der Waals surface area (Å²) in [5.74, 6) is -1.06. The molecule has 2 aromatic carbocycles. The minimum atomic E-state index is -0.666. The maximum absolute atomic E-state index is 12.0. The number of esters is 1. The molecule has 3 rings (SSSR count). The number of aryl methyl sites for hydroxylation is 2. The topological polar surface area (TPSA) is 55.4 Å². The van der Waals surface area contributed by atoms with Crippen LogP contribution >= 0.6 is 23.2 Å². The molecule has 0 aliphatic heterocycles. The van der Waals surface area contributed by atoms with E-state index in [1.54, 1.807) is 0 Å². The first-order chi connectivity index (χ1) is 11.5. The van der Waals surface area contributed by atoms with E-state index in [1.165, 1.54) is 29.3 Å². The largest absolute Gasteiger partial charge is 0.452 e. The van der Waals surface area contributed by atoms with E-state index in [9.17, 15) is 9.59 Å². The van der Waals surface area contributed by atoms with Gasteiger partial charge < -0.3 is 10.1 Å². The highest BCUT2D eigenvalue weighted by atomic mass is 35.5. The van der Waals surface area contributed by atoms with Crippen LogP contribution in [0.5, 0.6) is 0 Å². The standard InChI is InChI=1S/C18H15Cl2NO3/c19-13-5-7-15(16(20)9-13)18(23)24-10-17(22)21-14-6-4-11-2-1-3-12(11)8-14/h4-9H,1-3,10H2,(H,21,22). The first kappa shape index (κ1) is 16.8. The van der Waals surface area contributed by atoms with Crippen molar-refractivity contribution in [2.24, 2.45) is 0 Å². The Balaban J connectivity index is 1.56. The summed E-state index contributed by atoms with van der Waals surface area (Å²) in [7, 11) is 0. The number of ether oxygens (including phenoxy) is 1. The Morgan fingerprint density at radius 2 is 1.83 bits per heavy atom. The van der Waals surface area contributed by atoms with E-state index < -0.39 is 11.9 Å². The van der Waals surface area contributed by atoms with E-state index in [2.05, 4.69) is 5.32 Å². The van der Waals surface area contributed by atoms with Crippen molar-refractivity contribution >= 4 is 40.8 Å². The van der Waals surface area contributed by atoms with Gasteiger partial charge in [-0.1, -0.05) is 29.3 Å². The molecule has 0 bridgehead atoms. The van der Waals surface area contributed by atoms with Crippen molar-refractivity contribution in [3.63, 3.8) is 0 Å². The fourth-order valence-corrected chi connectivity index (χ4v) is 3.20. The van der Waals surface area contributed by atoms with Crippen molar-refractivity contribution in [3.05, 3.63) is 63.1 Å². The predicted molar refractivity (Wildman–Crippen MR) is 93.8 cm³/mol. The molecule has 0 saturated carbocycles. The summed E-state index contributed by atoms with van der Waals surface area (Å²) in [5.41, 5.74) is 3.47. The van der Waals surface area contributed by atoms with Crippen LogP contribution in [0.4, 0.5) is 5.69 Å². The van der Waals surface area contributed by atoms with Crippen molar-refractivity contribution in [3.8, 4) is 0 Å². The molecular formula is C18H15Cl2NO3. The number of anilines is 1. The molecule has 2 aromatic rings. The van der Waals surface area contributed by atoms with Gasteiger partial charge in [-0.2, -0.15) is 0 Å². The molecule has 0 fully saturated rings. The maximum Gasteiger partial charge on any atom is 0.340 e. The minimum absolute atomic E-state index is 0.173. The molecule has 0 radical (unpaired) electrons. The van der Waals surface area contributed by atoms with Gasteiger partial charge in [-0.25, -0.2) is 4.79 Å². The Labute approximate surface area is 149 Å². The maximum atomic E-state index is 12.0. The van der Waals surface area contributed by atoms with Crippen LogP contribution in [-0.2, 0) is 22.4 Å². The van der Waals surface area contributed by atoms with Gasteiger partial charge in [0, 0.05) is 10.7 Å². The summed E-state index contributed by atoms with van der Waals surface area (Å²) < 4.78 is 5.00. The highest BCUT2D eigenvalue weighted by Crippen LogP contribution is 2.25. The number of rotatable bonds is 4. The second kappa shape index (κ2) is 7.24. The minimum Gasteiger partial charge on any atom is -0.452 e. The summed E-state index contributed by atoms with van der Waals surface area (Å²) in [6, 6.07) is 10.3. The van der Waals surface area contributed by atoms with Gasteiger partial charge in [0.25, 0.3) is 5.91 Å². The summed E-state index contributed by atoms with van der Waals surface area (Å²) in [6.45, 7) is -0.380. The van der Waals surface area contributed by atoms with Gasteiger partial charge in [0.2, 0.25) is 0 Å². The zero-order valence-electron chi connectivity index (χ0n) is 12.8. The fraction of sp³-hybridized carbons (Fsp3) is 0.222. The van der Waals surface area contributed by atoms with Gasteiger partial charge in [0.15, 0.2) is 6.61 Å². The van der Waals surface area contributed by atoms with E-state index in [4.69, 9.17) is 27.9 Å². The van der Waals surface area contributed by atoms with Crippen molar-refractivity contribution in [1.82, 2.24) is 0 Å². The van der Waals surface area contributed by atoms with Gasteiger partial charge >= 0.3 is 5.97 Å². The summed E-state index contributed by atoms with van der Waals surface area (Å²) in [6.07, 6.45) is 3.26. The zero-order valence-corrected chi connectivity index (χ0v) is 14.3. The molecule has 0 spiro atoms. The Hall–Kier alpha value is -2.04. The van der Waals surface area contributed by atoms with Gasteiger partial charge in [-0.05, 0) is 60.7 Å². The van der Waals surface area contributed by atoms with E-state index >= 15 is 0 Å². The molecule has 0 atom stereocenters. The fourth-order valence-electron chi connectivity index (χ4n) is 2.71. The molecule has 6 heteroatoms. The van der Waals surface area contributed by atoms with Crippen LogP contribution in [0.3, 0.4) is 0 Å². The lowest BCUT2D eigenvalue weighted by Crippen LogP contribution is -2.21. The number of halogens is 2. The second-order valence-electron chi connectivity index (χ2n) is 5.59. The zero-order chi connectivity index (χ0) is 17.1. The number of carbonyl (C=O) groups excluding carboxylic acids is 2. The third-order valence-corrected chi connectivity index (χ3v) is 4.42. The molecule has 0 aromatic heterocycles. The molecule has 1 aliphatic rings. The SMILES string of the molecule is O=C(COC(=O)c1ccc(Cl)cc1Cl)Nc1ccc2c(c1)CCC2. The van der Waals surface area contributed by atoms with Gasteiger partial charge in [-0.15, -0.1) is 0 Å². The van der Waals surface area contributed by atoms with Gasteiger partial charge in [0.1, 0.15) is 0 Å². The van der Waals surface area contributed by atoms with Crippen LogP contribution in [-0.4, -0.2) is 18.5 Å². The molecule has 0 saturated heterocycles. The van der Waals surface area contributed by atoms with Crippen molar-refractivity contribution in [1.29, 1.82) is 0 Å². The molecule has 1 amide bonds. The molecule has 4 nitrogen and oxygen atoms in total. The lowest BCUT2D eigenvalue weighted by Gasteiger charge is -2.09. The third-order valence-electron chi connectivity index (χ3n) is 3.87. The van der Waals surface area contributed by atoms with Crippen molar-refractivity contribution in [2.75, 3.05) is 11.9 Å². The summed E-state index contributed by atoms with van der Waals surface area (Å²) >= 11 is 11.7. The number of benzene rings is 2. The van der Waals surface area contributed by atoms with Gasteiger partial charge in [0.05, 0.1) is 10.6 Å². The van der Waals surface area contributed by atoms with E-state index in [0.29, 0.717) is 10.7 Å². The normalized spacial score (nSPS) is 12.6. The lowest BCUT2D eigenvalue weighted by molar-refractivity contribution is -0.119. The molecule has 24 heavy (non-hydrogen) atoms. The Morgan fingerprint density at radius 1 is 1.04 bits per heavy atom. The van der Waals surface area contributed by atoms with Crippen LogP contribution < -0.4 is 5.32 Å². The average Bonchev–Trinajstić information content (AvgIpc) is 3.00. The Bertz CT molecular complexity index is 805. The molecule has 1 N–H and O–H groups in total. The third kappa shape index (κ3) is 3.89. The first-order valence-corrected chi connectivity index (χ1v) is 8.32. The highest BCUT2D eigenvalue weighted by Gasteiger charge is 2.15. The number of fused-ring (bicyclic) bond motifs is 1. The van der Waals surface area contributed by atoms with E-state index in [1.807, 2.05) is 18.2 Å². The molecule has 0 unspecified atom stereocenters. The molecule has 124 valence electrons. The van der Waals surface area contributed by atoms with Crippen LogP contribution in [0, 0.1) is 0 Å². The number of hydrogen-bond donors (Lipinski definition) is 1. The van der Waals surface area contributed by atoms with Crippen LogP contribution in [0.2, 0.25) is 10.0 Å². The quantitative estimate of drug-likeness (QED) is 0.824. The predicted octanol–water partition coefficient (Wildman–Crippen LogP) is 4.28. The number of amides is 1. The van der Waals surface area contributed by atoms with Gasteiger partial charge in [-0.3, -0.25) is 4.79 Å². The average molecular weight is 364 g/mol. The van der Waals surface area contributed by atoms with Crippen molar-refractivity contribution in [2.45, 2.75) is 19.3 Å². The van der Waals surface area contributed by atoms with E-state index in [-0.39, 0.29) is 17.2 Å². The van der Waals surface area contributed by atoms with Crippen LogP contribution in [0.15, 0.2) is 36.4 Å². The summed E-state index contributed by atoms with van der Waals surface area (Å²) in [5, 5.41) is 3.34. The number of nitrogens with one attached hydrogen (secondary N) is 1. The molecule has 1 aliphatic carbocycles. The Kier molecular flexibility index (Phi) is 5.07. The monoisotopic (exact) mass is 363 g/mol. The lowest BCUT2D eigenvalue weighted by atomic mass is 10.1. The van der Waals surface area contributed by atoms with Crippen LogP contribution in [0.1, 0.15) is 27.9 Å². The smallest absolute Gasteiger partial charge is 0.340 e. The summed E-state index contributed by atoms with van der Waals surface area (Å²) in [4.78, 5) is 23.9. The first-order valence-electron chi connectivity index (χ1n) is 7.57. The van der Waals surface area contributed by atoms with Crippen molar-refractivity contribution < 1.29 is 14.3 Å². The molecular weight excluding hydrogens is 349 g/mol. The van der Waals surface area contributed by atoms with E-state index in [0.717, 1.165) is 19.3 Å². The number of hydrogen-bond acceptors (Lipinski definition) is 3. The molecule has 0 heterocycles. The van der Waals surface area contributed by atoms with Crippen LogP contribution in [0.25, 0.3) is 0 Å².